The number of aliphatic hydroxyl groups is 1. The van der Waals surface area contributed by atoms with Crippen LogP contribution in [0.4, 0.5) is 0 Å². The van der Waals surface area contributed by atoms with Crippen molar-refractivity contribution >= 4 is 12.4 Å². The molecule has 0 heterocycles. The number of unbranched alkanes of at least 4 members (excludes halogenated alkanes) is 2. The van der Waals surface area contributed by atoms with E-state index in [9.17, 15) is 5.11 Å². The Morgan fingerprint density at radius 2 is 1.82 bits per heavy atom. The fraction of sp³-hybridized carbons (Fsp3) is 0.571. The molecule has 3 heteroatoms. The van der Waals surface area contributed by atoms with E-state index in [0.29, 0.717) is 0 Å². The fourth-order valence-electron chi connectivity index (χ4n) is 1.76. The van der Waals surface area contributed by atoms with Gasteiger partial charge >= 0.3 is 0 Å². The zero-order chi connectivity index (χ0) is 11.8. The van der Waals surface area contributed by atoms with Crippen LogP contribution < -0.4 is 5.32 Å². The molecule has 0 saturated heterocycles. The zero-order valence-corrected chi connectivity index (χ0v) is 11.5. The maximum Gasteiger partial charge on any atom is 0.0940 e. The second-order valence-corrected chi connectivity index (χ2v) is 4.31. The quantitative estimate of drug-likeness (QED) is 0.735. The van der Waals surface area contributed by atoms with Gasteiger partial charge in [0.25, 0.3) is 0 Å². The van der Waals surface area contributed by atoms with Crippen LogP contribution in [-0.2, 0) is 0 Å². The molecule has 0 aliphatic carbocycles. The van der Waals surface area contributed by atoms with Crippen LogP contribution in [0.3, 0.4) is 0 Å². The first-order valence-corrected chi connectivity index (χ1v) is 6.22. The molecule has 0 fully saturated rings. The Morgan fingerprint density at radius 1 is 1.18 bits per heavy atom. The third kappa shape index (κ3) is 6.06. The molecule has 0 amide bonds. The van der Waals surface area contributed by atoms with Gasteiger partial charge < -0.3 is 10.4 Å². The highest BCUT2D eigenvalue weighted by atomic mass is 35.5. The van der Waals surface area contributed by atoms with Crippen molar-refractivity contribution in [3.05, 3.63) is 35.9 Å². The van der Waals surface area contributed by atoms with Gasteiger partial charge in [-0.15, -0.1) is 12.4 Å². The molecule has 2 unspecified atom stereocenters. The lowest BCUT2D eigenvalue weighted by Crippen LogP contribution is -2.32. The van der Waals surface area contributed by atoms with Crippen molar-refractivity contribution in [1.82, 2.24) is 5.32 Å². The lowest BCUT2D eigenvalue weighted by molar-refractivity contribution is 0.136. The van der Waals surface area contributed by atoms with Gasteiger partial charge in [0.15, 0.2) is 0 Å². The van der Waals surface area contributed by atoms with Crippen molar-refractivity contribution < 1.29 is 5.11 Å². The van der Waals surface area contributed by atoms with Gasteiger partial charge in [-0.1, -0.05) is 50.1 Å². The Morgan fingerprint density at radius 3 is 2.41 bits per heavy atom. The molecule has 2 nitrogen and oxygen atoms in total. The minimum absolute atomic E-state index is 0. The van der Waals surface area contributed by atoms with Gasteiger partial charge in [0.05, 0.1) is 6.10 Å². The van der Waals surface area contributed by atoms with Crippen LogP contribution in [0.5, 0.6) is 0 Å². The minimum atomic E-state index is -0.414. The second-order valence-electron chi connectivity index (χ2n) is 4.31. The first kappa shape index (κ1) is 16.4. The molecule has 1 rings (SSSR count). The minimum Gasteiger partial charge on any atom is -0.387 e. The van der Waals surface area contributed by atoms with Gasteiger partial charge in [0, 0.05) is 6.04 Å². The smallest absolute Gasteiger partial charge is 0.0940 e. The van der Waals surface area contributed by atoms with Gasteiger partial charge in [-0.05, 0) is 25.5 Å². The predicted molar refractivity (Wildman–Crippen MR) is 75.6 cm³/mol. The number of nitrogens with one attached hydrogen (secondary N) is 1. The third-order valence-electron chi connectivity index (χ3n) is 2.86. The summed E-state index contributed by atoms with van der Waals surface area (Å²) >= 11 is 0. The molecule has 0 aromatic heterocycles. The molecule has 0 radical (unpaired) electrons. The van der Waals surface area contributed by atoms with Crippen molar-refractivity contribution in [2.75, 3.05) is 6.54 Å². The van der Waals surface area contributed by atoms with Crippen LogP contribution in [0.15, 0.2) is 30.3 Å². The Bertz CT molecular complexity index is 279. The molecule has 0 aliphatic rings. The average Bonchev–Trinajstić information content (AvgIpc) is 2.34. The number of halogens is 1. The van der Waals surface area contributed by atoms with Crippen molar-refractivity contribution in [2.45, 2.75) is 45.3 Å². The molecule has 2 N–H and O–H groups in total. The summed E-state index contributed by atoms with van der Waals surface area (Å²) in [6.07, 6.45) is 3.25. The molecule has 0 saturated carbocycles. The molecule has 2 atom stereocenters. The standard InChI is InChI=1S/C14H23NO.ClH/c1-3-4-8-11-15-12(2)14(16)13-9-6-5-7-10-13;/h5-7,9-10,12,14-16H,3-4,8,11H2,1-2H3;1H. The molecule has 1 aromatic carbocycles. The monoisotopic (exact) mass is 257 g/mol. The normalized spacial score (nSPS) is 13.8. The average molecular weight is 258 g/mol. The molecule has 0 spiro atoms. The lowest BCUT2D eigenvalue weighted by Gasteiger charge is -2.20. The number of hydrogen-bond acceptors (Lipinski definition) is 2. The largest absolute Gasteiger partial charge is 0.387 e. The van der Waals surface area contributed by atoms with E-state index in [2.05, 4.69) is 12.2 Å². The second kappa shape index (κ2) is 9.46. The highest BCUT2D eigenvalue weighted by Gasteiger charge is 2.14. The van der Waals surface area contributed by atoms with Crippen molar-refractivity contribution in [3.63, 3.8) is 0 Å². The van der Waals surface area contributed by atoms with Crippen LogP contribution in [0.2, 0.25) is 0 Å². The number of rotatable bonds is 7. The first-order valence-electron chi connectivity index (χ1n) is 6.22. The van der Waals surface area contributed by atoms with Gasteiger partial charge in [0.1, 0.15) is 0 Å². The SMILES string of the molecule is CCCCCNC(C)C(O)c1ccccc1.Cl. The number of hydrogen-bond donors (Lipinski definition) is 2. The van der Waals surface area contributed by atoms with Crippen molar-refractivity contribution in [1.29, 1.82) is 0 Å². The Balaban J connectivity index is 0.00000256. The Kier molecular flexibility index (Phi) is 9.14. The first-order chi connectivity index (χ1) is 7.75. The molecule has 0 aliphatic heterocycles. The van der Waals surface area contributed by atoms with E-state index in [4.69, 9.17) is 0 Å². The highest BCUT2D eigenvalue weighted by Crippen LogP contribution is 2.15. The molecular weight excluding hydrogens is 234 g/mol. The van der Waals surface area contributed by atoms with Crippen LogP contribution in [0, 0.1) is 0 Å². The van der Waals surface area contributed by atoms with E-state index in [0.717, 1.165) is 12.1 Å². The molecule has 98 valence electrons. The lowest BCUT2D eigenvalue weighted by atomic mass is 10.0. The Hall–Kier alpha value is -0.570. The summed E-state index contributed by atoms with van der Waals surface area (Å²) in [4.78, 5) is 0. The van der Waals surface area contributed by atoms with E-state index in [1.165, 1.54) is 19.3 Å². The van der Waals surface area contributed by atoms with Gasteiger partial charge in [-0.25, -0.2) is 0 Å². The summed E-state index contributed by atoms with van der Waals surface area (Å²) in [5, 5.41) is 13.4. The van der Waals surface area contributed by atoms with Crippen molar-refractivity contribution in [3.8, 4) is 0 Å². The Labute approximate surface area is 111 Å². The molecule has 0 bridgehead atoms. The van der Waals surface area contributed by atoms with Gasteiger partial charge in [0.2, 0.25) is 0 Å². The van der Waals surface area contributed by atoms with E-state index in [-0.39, 0.29) is 18.4 Å². The number of aliphatic hydroxyl groups excluding tert-OH is 1. The van der Waals surface area contributed by atoms with E-state index >= 15 is 0 Å². The predicted octanol–water partition coefficient (Wildman–Crippen LogP) is 3.31. The summed E-state index contributed by atoms with van der Waals surface area (Å²) in [6.45, 7) is 5.21. The maximum atomic E-state index is 10.1. The summed E-state index contributed by atoms with van der Waals surface area (Å²) in [5.41, 5.74) is 0.984. The summed E-state index contributed by atoms with van der Waals surface area (Å²) < 4.78 is 0. The molecule has 1 aromatic rings. The van der Waals surface area contributed by atoms with Crippen LogP contribution in [0.25, 0.3) is 0 Å². The van der Waals surface area contributed by atoms with Crippen molar-refractivity contribution in [2.24, 2.45) is 0 Å². The van der Waals surface area contributed by atoms with Gasteiger partial charge in [-0.2, -0.15) is 0 Å². The summed E-state index contributed by atoms with van der Waals surface area (Å²) in [6, 6.07) is 9.93. The summed E-state index contributed by atoms with van der Waals surface area (Å²) in [5.74, 6) is 0. The molecular formula is C14H24ClNO. The van der Waals surface area contributed by atoms with E-state index in [1.807, 2.05) is 37.3 Å². The van der Waals surface area contributed by atoms with E-state index in [1.54, 1.807) is 0 Å². The number of benzene rings is 1. The van der Waals surface area contributed by atoms with Crippen LogP contribution in [-0.4, -0.2) is 17.7 Å². The topological polar surface area (TPSA) is 32.3 Å². The van der Waals surface area contributed by atoms with Crippen LogP contribution in [0.1, 0.15) is 44.8 Å². The summed E-state index contributed by atoms with van der Waals surface area (Å²) in [7, 11) is 0. The third-order valence-corrected chi connectivity index (χ3v) is 2.86. The highest BCUT2D eigenvalue weighted by molar-refractivity contribution is 5.85. The van der Waals surface area contributed by atoms with Crippen LogP contribution >= 0.6 is 12.4 Å². The van der Waals surface area contributed by atoms with E-state index < -0.39 is 6.10 Å². The molecule has 17 heavy (non-hydrogen) atoms. The fourth-order valence-corrected chi connectivity index (χ4v) is 1.76. The maximum absolute atomic E-state index is 10.1. The van der Waals surface area contributed by atoms with Gasteiger partial charge in [-0.3, -0.25) is 0 Å². The zero-order valence-electron chi connectivity index (χ0n) is 10.7.